The van der Waals surface area contributed by atoms with E-state index >= 15 is 0 Å². The Kier molecular flexibility index (Phi) is 5.63. The number of aromatic nitrogens is 2. The zero-order chi connectivity index (χ0) is 21.3. The molecule has 3 rings (SSSR count). The standard InChI is InChI=1S/C19H15ClF3N3O3/c1-10(11-2-4-15(20)14(6-11)19(21,22)23)26-9-24-16-5-3-12(25-17(28)8-27)7-13(16)18(26)29/h2-7,9-10,27H,8H2,1H3,(H,25,28)/t10-/m1/s1. The summed E-state index contributed by atoms with van der Waals surface area (Å²) in [5.74, 6) is -0.650. The lowest BCUT2D eigenvalue weighted by molar-refractivity contribution is -0.137. The van der Waals surface area contributed by atoms with E-state index in [0.29, 0.717) is 5.52 Å². The average molecular weight is 426 g/mol. The summed E-state index contributed by atoms with van der Waals surface area (Å²) in [6, 6.07) is 7.13. The molecule has 0 radical (unpaired) electrons. The van der Waals surface area contributed by atoms with Gasteiger partial charge in [-0.1, -0.05) is 17.7 Å². The van der Waals surface area contributed by atoms with Crippen LogP contribution in [0.15, 0.2) is 47.5 Å². The van der Waals surface area contributed by atoms with Crippen molar-refractivity contribution in [3.63, 3.8) is 0 Å². The topological polar surface area (TPSA) is 84.2 Å². The smallest absolute Gasteiger partial charge is 0.387 e. The summed E-state index contributed by atoms with van der Waals surface area (Å²) in [7, 11) is 0. The highest BCUT2D eigenvalue weighted by atomic mass is 35.5. The molecule has 29 heavy (non-hydrogen) atoms. The number of carbonyl (C=O) groups excluding carboxylic acids is 1. The van der Waals surface area contributed by atoms with E-state index in [0.717, 1.165) is 12.1 Å². The molecular weight excluding hydrogens is 411 g/mol. The Morgan fingerprint density at radius 2 is 2.00 bits per heavy atom. The number of benzene rings is 2. The molecule has 6 nitrogen and oxygen atoms in total. The van der Waals surface area contributed by atoms with Gasteiger partial charge in [-0.15, -0.1) is 0 Å². The lowest BCUT2D eigenvalue weighted by atomic mass is 10.0. The van der Waals surface area contributed by atoms with Gasteiger partial charge >= 0.3 is 6.18 Å². The van der Waals surface area contributed by atoms with E-state index in [1.807, 2.05) is 0 Å². The number of anilines is 1. The van der Waals surface area contributed by atoms with Crippen molar-refractivity contribution in [2.45, 2.75) is 19.1 Å². The number of fused-ring (bicyclic) bond motifs is 1. The first-order valence-electron chi connectivity index (χ1n) is 8.40. The third-order valence-corrected chi connectivity index (χ3v) is 4.74. The van der Waals surface area contributed by atoms with Crippen LogP contribution in [-0.4, -0.2) is 27.2 Å². The van der Waals surface area contributed by atoms with Gasteiger partial charge in [-0.05, 0) is 42.8 Å². The zero-order valence-electron chi connectivity index (χ0n) is 15.0. The van der Waals surface area contributed by atoms with Crippen LogP contribution in [0.4, 0.5) is 18.9 Å². The zero-order valence-corrected chi connectivity index (χ0v) is 15.8. The van der Waals surface area contributed by atoms with Crippen LogP contribution in [0.5, 0.6) is 0 Å². The summed E-state index contributed by atoms with van der Waals surface area (Å²) >= 11 is 5.66. The first-order valence-corrected chi connectivity index (χ1v) is 8.78. The molecule has 0 saturated heterocycles. The number of hydrogen-bond donors (Lipinski definition) is 2. The van der Waals surface area contributed by atoms with Gasteiger partial charge in [0.1, 0.15) is 6.61 Å². The SMILES string of the molecule is C[C@H](c1ccc(Cl)c(C(F)(F)F)c1)n1cnc2ccc(NC(=O)CO)cc2c1=O. The number of hydrogen-bond acceptors (Lipinski definition) is 4. The van der Waals surface area contributed by atoms with Gasteiger partial charge < -0.3 is 10.4 Å². The molecule has 1 aromatic heterocycles. The molecule has 0 aliphatic carbocycles. The first-order chi connectivity index (χ1) is 13.6. The fraction of sp³-hybridized carbons (Fsp3) is 0.211. The van der Waals surface area contributed by atoms with E-state index < -0.39 is 40.9 Å². The van der Waals surface area contributed by atoms with Crippen molar-refractivity contribution < 1.29 is 23.1 Å². The van der Waals surface area contributed by atoms with Crippen molar-refractivity contribution in [3.8, 4) is 0 Å². The van der Waals surface area contributed by atoms with Crippen LogP contribution in [0.1, 0.15) is 24.1 Å². The molecule has 0 saturated carbocycles. The lowest BCUT2D eigenvalue weighted by Gasteiger charge is -2.18. The number of nitrogens with zero attached hydrogens (tertiary/aromatic N) is 2. The van der Waals surface area contributed by atoms with Gasteiger partial charge in [0.2, 0.25) is 5.91 Å². The highest BCUT2D eigenvalue weighted by Gasteiger charge is 2.33. The third kappa shape index (κ3) is 4.25. The van der Waals surface area contributed by atoms with Crippen molar-refractivity contribution in [3.05, 3.63) is 69.2 Å². The number of alkyl halides is 3. The van der Waals surface area contributed by atoms with E-state index in [4.69, 9.17) is 16.7 Å². The molecule has 0 fully saturated rings. The first kappa shape index (κ1) is 20.8. The number of amides is 1. The second-order valence-electron chi connectivity index (χ2n) is 6.31. The van der Waals surface area contributed by atoms with Gasteiger partial charge in [0.25, 0.3) is 5.56 Å². The Balaban J connectivity index is 2.06. The minimum absolute atomic E-state index is 0.167. The monoisotopic (exact) mass is 425 g/mol. The lowest BCUT2D eigenvalue weighted by Crippen LogP contribution is -2.25. The maximum absolute atomic E-state index is 13.1. The molecule has 0 unspecified atom stereocenters. The molecule has 0 bridgehead atoms. The van der Waals surface area contributed by atoms with E-state index in [-0.39, 0.29) is 16.6 Å². The number of rotatable bonds is 4. The van der Waals surface area contributed by atoms with Crippen molar-refractivity contribution in [1.29, 1.82) is 0 Å². The number of carbonyl (C=O) groups is 1. The Morgan fingerprint density at radius 3 is 2.66 bits per heavy atom. The maximum Gasteiger partial charge on any atom is 0.417 e. The highest BCUT2D eigenvalue weighted by Crippen LogP contribution is 2.36. The minimum Gasteiger partial charge on any atom is -0.387 e. The quantitative estimate of drug-likeness (QED) is 0.669. The second kappa shape index (κ2) is 7.84. The summed E-state index contributed by atoms with van der Waals surface area (Å²) in [5, 5.41) is 11.0. The van der Waals surface area contributed by atoms with E-state index in [1.54, 1.807) is 6.92 Å². The molecule has 1 atom stereocenters. The molecule has 2 aromatic carbocycles. The van der Waals surface area contributed by atoms with Crippen molar-refractivity contribution in [2.75, 3.05) is 11.9 Å². The normalized spacial score (nSPS) is 12.8. The predicted octanol–water partition coefficient (Wildman–Crippen LogP) is 3.61. The van der Waals surface area contributed by atoms with Crippen LogP contribution in [0, 0.1) is 0 Å². The molecule has 0 aliphatic rings. The molecule has 3 aromatic rings. The molecule has 10 heteroatoms. The summed E-state index contributed by atoms with van der Waals surface area (Å²) < 4.78 is 40.6. The van der Waals surface area contributed by atoms with Gasteiger partial charge in [-0.25, -0.2) is 4.98 Å². The van der Waals surface area contributed by atoms with Crippen molar-refractivity contribution in [1.82, 2.24) is 9.55 Å². The Hall–Kier alpha value is -2.91. The molecule has 0 aliphatic heterocycles. The summed E-state index contributed by atoms with van der Waals surface area (Å²) in [6.07, 6.45) is -3.37. The Bertz CT molecular complexity index is 1140. The molecule has 152 valence electrons. The van der Waals surface area contributed by atoms with Crippen molar-refractivity contribution in [2.24, 2.45) is 0 Å². The van der Waals surface area contributed by atoms with Crippen LogP contribution in [0.2, 0.25) is 5.02 Å². The second-order valence-corrected chi connectivity index (χ2v) is 6.72. The van der Waals surface area contributed by atoms with Gasteiger partial charge in [0, 0.05) is 5.69 Å². The van der Waals surface area contributed by atoms with E-state index in [9.17, 15) is 22.8 Å². The van der Waals surface area contributed by atoms with Crippen LogP contribution in [0.25, 0.3) is 10.9 Å². The van der Waals surface area contributed by atoms with E-state index in [2.05, 4.69) is 10.3 Å². The number of aliphatic hydroxyl groups excluding tert-OH is 1. The number of halogens is 4. The number of aliphatic hydroxyl groups is 1. The van der Waals surface area contributed by atoms with Crippen molar-refractivity contribution >= 4 is 34.1 Å². The van der Waals surface area contributed by atoms with Gasteiger partial charge in [-0.2, -0.15) is 13.2 Å². The van der Waals surface area contributed by atoms with Gasteiger partial charge in [0.05, 0.1) is 33.9 Å². The largest absolute Gasteiger partial charge is 0.417 e. The van der Waals surface area contributed by atoms with Crippen LogP contribution < -0.4 is 10.9 Å². The molecule has 2 N–H and O–H groups in total. The van der Waals surface area contributed by atoms with Gasteiger partial charge in [0.15, 0.2) is 0 Å². The molecular formula is C19H15ClF3N3O3. The summed E-state index contributed by atoms with van der Waals surface area (Å²) in [5.41, 5.74) is -0.612. The predicted molar refractivity (Wildman–Crippen MR) is 102 cm³/mol. The summed E-state index contributed by atoms with van der Waals surface area (Å²) in [6.45, 7) is 0.847. The molecule has 0 spiro atoms. The summed E-state index contributed by atoms with van der Waals surface area (Å²) in [4.78, 5) is 28.4. The molecule has 1 heterocycles. The highest BCUT2D eigenvalue weighted by molar-refractivity contribution is 6.31. The van der Waals surface area contributed by atoms with Crippen LogP contribution >= 0.6 is 11.6 Å². The van der Waals surface area contributed by atoms with Gasteiger partial charge in [-0.3, -0.25) is 14.2 Å². The third-order valence-electron chi connectivity index (χ3n) is 4.41. The Morgan fingerprint density at radius 1 is 1.28 bits per heavy atom. The average Bonchev–Trinajstić information content (AvgIpc) is 2.67. The molecule has 1 amide bonds. The van der Waals surface area contributed by atoms with Crippen LogP contribution in [-0.2, 0) is 11.0 Å². The Labute approximate surface area is 167 Å². The minimum atomic E-state index is -4.63. The van der Waals surface area contributed by atoms with E-state index in [1.165, 1.54) is 35.2 Å². The number of nitrogens with one attached hydrogen (secondary N) is 1. The fourth-order valence-electron chi connectivity index (χ4n) is 2.87. The fourth-order valence-corrected chi connectivity index (χ4v) is 3.10. The maximum atomic E-state index is 13.1. The van der Waals surface area contributed by atoms with Crippen LogP contribution in [0.3, 0.4) is 0 Å².